The minimum Gasteiger partial charge on any atom is -0.303 e. The molecule has 0 aromatic heterocycles. The molecule has 2 aliphatic heterocycles. The van der Waals surface area contributed by atoms with Crippen LogP contribution in [0.3, 0.4) is 0 Å². The molecule has 1 aliphatic carbocycles. The molecule has 0 bridgehead atoms. The van der Waals surface area contributed by atoms with Gasteiger partial charge in [0.05, 0.1) is 0 Å². The third-order valence-electron chi connectivity index (χ3n) is 5.52. The van der Waals surface area contributed by atoms with E-state index >= 15 is 0 Å². The van der Waals surface area contributed by atoms with Crippen LogP contribution in [0.4, 0.5) is 0 Å². The van der Waals surface area contributed by atoms with Crippen molar-refractivity contribution in [2.24, 2.45) is 11.8 Å². The van der Waals surface area contributed by atoms with Gasteiger partial charge in [-0.1, -0.05) is 12.8 Å². The van der Waals surface area contributed by atoms with Gasteiger partial charge in [0.25, 0.3) is 0 Å². The number of Topliss-reactive ketones (excluding diaryl/α,β-unsaturated/α-hetero) is 1. The van der Waals surface area contributed by atoms with E-state index in [0.717, 1.165) is 25.9 Å². The molecular formula is C17H30N2O. The van der Waals surface area contributed by atoms with Gasteiger partial charge in [0.2, 0.25) is 0 Å². The molecule has 2 saturated heterocycles. The van der Waals surface area contributed by atoms with E-state index < -0.39 is 0 Å². The van der Waals surface area contributed by atoms with Crippen LogP contribution in [0, 0.1) is 11.8 Å². The third-order valence-corrected chi connectivity index (χ3v) is 5.52. The summed E-state index contributed by atoms with van der Waals surface area (Å²) in [5, 5.41) is 0. The summed E-state index contributed by atoms with van der Waals surface area (Å²) in [6.45, 7) is 6.99. The van der Waals surface area contributed by atoms with Crippen LogP contribution in [-0.4, -0.2) is 54.9 Å². The minimum absolute atomic E-state index is 0.350. The number of nitrogens with zero attached hydrogens (tertiary/aromatic N) is 2. The Morgan fingerprint density at radius 3 is 1.50 bits per heavy atom. The molecule has 3 rings (SSSR count). The Labute approximate surface area is 123 Å². The van der Waals surface area contributed by atoms with E-state index in [0.29, 0.717) is 17.6 Å². The zero-order chi connectivity index (χ0) is 13.8. The highest BCUT2D eigenvalue weighted by Gasteiger charge is 2.36. The zero-order valence-corrected chi connectivity index (χ0v) is 12.9. The number of likely N-dealkylation sites (tertiary alicyclic amines) is 2. The number of carbonyl (C=O) groups is 1. The van der Waals surface area contributed by atoms with Gasteiger partial charge in [-0.2, -0.15) is 0 Å². The van der Waals surface area contributed by atoms with E-state index in [9.17, 15) is 4.79 Å². The molecule has 0 amide bonds. The second-order valence-electron chi connectivity index (χ2n) is 7.10. The van der Waals surface area contributed by atoms with Crippen molar-refractivity contribution in [2.75, 3.05) is 39.3 Å². The SMILES string of the molecule is O=C1[C@@H](CN2CCCCC2)CC[C@@H]1CN1CCCCC1. The predicted molar refractivity (Wildman–Crippen MR) is 81.8 cm³/mol. The van der Waals surface area contributed by atoms with Crippen molar-refractivity contribution in [1.29, 1.82) is 0 Å². The van der Waals surface area contributed by atoms with E-state index in [-0.39, 0.29) is 0 Å². The minimum atomic E-state index is 0.350. The van der Waals surface area contributed by atoms with Gasteiger partial charge < -0.3 is 9.80 Å². The molecule has 3 aliphatic rings. The van der Waals surface area contributed by atoms with Crippen molar-refractivity contribution < 1.29 is 4.79 Å². The highest BCUT2D eigenvalue weighted by molar-refractivity contribution is 5.85. The Bertz CT molecular complexity index is 289. The largest absolute Gasteiger partial charge is 0.303 e. The van der Waals surface area contributed by atoms with E-state index in [1.807, 2.05) is 0 Å². The summed E-state index contributed by atoms with van der Waals surface area (Å²) in [5.41, 5.74) is 0. The van der Waals surface area contributed by atoms with Crippen LogP contribution >= 0.6 is 0 Å². The first-order valence-electron chi connectivity index (χ1n) is 8.81. The molecule has 3 fully saturated rings. The summed E-state index contributed by atoms with van der Waals surface area (Å²) < 4.78 is 0. The molecule has 1 saturated carbocycles. The van der Waals surface area contributed by atoms with Crippen molar-refractivity contribution in [2.45, 2.75) is 51.4 Å². The number of rotatable bonds is 4. The highest BCUT2D eigenvalue weighted by atomic mass is 16.1. The van der Waals surface area contributed by atoms with Crippen molar-refractivity contribution in [3.63, 3.8) is 0 Å². The fraction of sp³-hybridized carbons (Fsp3) is 0.941. The summed E-state index contributed by atoms with van der Waals surface area (Å²) in [4.78, 5) is 17.7. The quantitative estimate of drug-likeness (QED) is 0.789. The first-order valence-corrected chi connectivity index (χ1v) is 8.81. The summed E-state index contributed by atoms with van der Waals surface area (Å²) in [6, 6.07) is 0. The normalized spacial score (nSPS) is 33.7. The highest BCUT2D eigenvalue weighted by Crippen LogP contribution is 2.30. The second-order valence-corrected chi connectivity index (χ2v) is 7.10. The Hall–Kier alpha value is -0.410. The van der Waals surface area contributed by atoms with Crippen LogP contribution < -0.4 is 0 Å². The fourth-order valence-electron chi connectivity index (χ4n) is 4.29. The van der Waals surface area contributed by atoms with Crippen LogP contribution in [0.25, 0.3) is 0 Å². The lowest BCUT2D eigenvalue weighted by atomic mass is 10.00. The van der Waals surface area contributed by atoms with Crippen LogP contribution in [0.15, 0.2) is 0 Å². The molecule has 0 spiro atoms. The van der Waals surface area contributed by atoms with Crippen molar-refractivity contribution >= 4 is 5.78 Å². The Morgan fingerprint density at radius 1 is 0.700 bits per heavy atom. The van der Waals surface area contributed by atoms with E-state index in [4.69, 9.17) is 0 Å². The van der Waals surface area contributed by atoms with Crippen LogP contribution in [0.2, 0.25) is 0 Å². The molecule has 3 heteroatoms. The van der Waals surface area contributed by atoms with Gasteiger partial charge in [-0.15, -0.1) is 0 Å². The van der Waals surface area contributed by atoms with Gasteiger partial charge in [-0.05, 0) is 64.7 Å². The number of hydrogen-bond donors (Lipinski definition) is 0. The van der Waals surface area contributed by atoms with Crippen molar-refractivity contribution in [3.8, 4) is 0 Å². The monoisotopic (exact) mass is 278 g/mol. The van der Waals surface area contributed by atoms with Crippen molar-refractivity contribution in [3.05, 3.63) is 0 Å². The summed E-state index contributed by atoms with van der Waals surface area (Å²) in [6.07, 6.45) is 10.4. The first-order chi connectivity index (χ1) is 9.83. The summed E-state index contributed by atoms with van der Waals surface area (Å²) >= 11 is 0. The average Bonchev–Trinajstić information content (AvgIpc) is 2.83. The lowest BCUT2D eigenvalue weighted by Crippen LogP contribution is -2.38. The topological polar surface area (TPSA) is 23.6 Å². The lowest BCUT2D eigenvalue weighted by molar-refractivity contribution is -0.125. The van der Waals surface area contributed by atoms with Crippen LogP contribution in [0.5, 0.6) is 0 Å². The van der Waals surface area contributed by atoms with Crippen LogP contribution in [0.1, 0.15) is 51.4 Å². The molecule has 0 aromatic rings. The Balaban J connectivity index is 1.46. The van der Waals surface area contributed by atoms with Gasteiger partial charge in [0.1, 0.15) is 5.78 Å². The van der Waals surface area contributed by atoms with E-state index in [1.165, 1.54) is 64.7 Å². The summed E-state index contributed by atoms with van der Waals surface area (Å²) in [7, 11) is 0. The molecule has 114 valence electrons. The zero-order valence-electron chi connectivity index (χ0n) is 12.9. The standard InChI is InChI=1S/C17H30N2O/c20-17-15(13-18-9-3-1-4-10-18)7-8-16(17)14-19-11-5-2-6-12-19/h15-16H,1-14H2/t15-,16-/m1/s1. The van der Waals surface area contributed by atoms with Gasteiger partial charge in [0.15, 0.2) is 0 Å². The molecule has 2 heterocycles. The molecular weight excluding hydrogens is 248 g/mol. The molecule has 2 atom stereocenters. The Morgan fingerprint density at radius 2 is 1.10 bits per heavy atom. The number of piperidine rings is 2. The first kappa shape index (κ1) is 14.5. The van der Waals surface area contributed by atoms with Crippen molar-refractivity contribution in [1.82, 2.24) is 9.80 Å². The van der Waals surface area contributed by atoms with Gasteiger partial charge in [-0.25, -0.2) is 0 Å². The maximum Gasteiger partial charge on any atom is 0.141 e. The third kappa shape index (κ3) is 3.62. The maximum absolute atomic E-state index is 12.6. The fourth-order valence-corrected chi connectivity index (χ4v) is 4.29. The maximum atomic E-state index is 12.6. The molecule has 20 heavy (non-hydrogen) atoms. The van der Waals surface area contributed by atoms with Gasteiger partial charge in [-0.3, -0.25) is 4.79 Å². The number of ketones is 1. The predicted octanol–water partition coefficient (Wildman–Crippen LogP) is 2.55. The molecule has 0 N–H and O–H groups in total. The van der Waals surface area contributed by atoms with E-state index in [2.05, 4.69) is 9.80 Å². The van der Waals surface area contributed by atoms with Gasteiger partial charge >= 0.3 is 0 Å². The molecule has 3 nitrogen and oxygen atoms in total. The smallest absolute Gasteiger partial charge is 0.141 e. The summed E-state index contributed by atoms with van der Waals surface area (Å²) in [5.74, 6) is 1.28. The molecule has 0 aromatic carbocycles. The van der Waals surface area contributed by atoms with E-state index in [1.54, 1.807) is 0 Å². The molecule has 0 unspecified atom stereocenters. The second kappa shape index (κ2) is 7.04. The molecule has 0 radical (unpaired) electrons. The average molecular weight is 278 g/mol. The number of hydrogen-bond acceptors (Lipinski definition) is 3. The van der Waals surface area contributed by atoms with Crippen LogP contribution in [-0.2, 0) is 4.79 Å². The lowest BCUT2D eigenvalue weighted by Gasteiger charge is -2.30. The Kier molecular flexibility index (Phi) is 5.11. The van der Waals surface area contributed by atoms with Gasteiger partial charge in [0, 0.05) is 24.9 Å². The number of carbonyl (C=O) groups excluding carboxylic acids is 1.